The molecule has 0 fully saturated rings. The average Bonchev–Trinajstić information content (AvgIpc) is 3.18. The summed E-state index contributed by atoms with van der Waals surface area (Å²) in [6, 6.07) is 17.5. The van der Waals surface area contributed by atoms with Crippen molar-refractivity contribution in [2.75, 3.05) is 11.9 Å². The predicted octanol–water partition coefficient (Wildman–Crippen LogP) is 7.81. The van der Waals surface area contributed by atoms with E-state index in [9.17, 15) is 4.79 Å². The van der Waals surface area contributed by atoms with Crippen molar-refractivity contribution in [3.05, 3.63) is 88.6 Å². The molecule has 0 atom stereocenters. The van der Waals surface area contributed by atoms with E-state index in [0.29, 0.717) is 17.4 Å². The molecule has 0 aliphatic carbocycles. The molecular weight excluding hydrogens is 434 g/mol. The normalized spacial score (nSPS) is 11.6. The largest absolute Gasteiger partial charge is 0.493 e. The molecule has 4 nitrogen and oxygen atoms in total. The van der Waals surface area contributed by atoms with E-state index in [2.05, 4.69) is 5.32 Å². The molecule has 4 rings (SSSR count). The number of nitrogens with one attached hydrogen (secondary N) is 1. The number of carbonyl (C=O) groups is 1. The Morgan fingerprint density at radius 1 is 1.09 bits per heavy atom. The standard InChI is InChI=1S/C28H26ClNO3/c1-5-32-26-15-27-23(24(16-33-27)20-7-9-21(29)10-8-20)14-22(26)18(3)13-28(31)30-25-11-6-17(2)12-19(25)4/h6-16H,5H2,1-4H3,(H,30,31)/b18-13+. The van der Waals surface area contributed by atoms with Gasteiger partial charge in [0.05, 0.1) is 12.9 Å². The summed E-state index contributed by atoms with van der Waals surface area (Å²) < 4.78 is 11.7. The molecule has 1 heterocycles. The molecule has 0 aliphatic heterocycles. The number of rotatable bonds is 6. The van der Waals surface area contributed by atoms with E-state index in [1.807, 2.05) is 82.3 Å². The van der Waals surface area contributed by atoms with Crippen LogP contribution in [0.1, 0.15) is 30.5 Å². The van der Waals surface area contributed by atoms with Gasteiger partial charge in [-0.3, -0.25) is 4.79 Å². The van der Waals surface area contributed by atoms with Crippen LogP contribution in [0, 0.1) is 13.8 Å². The van der Waals surface area contributed by atoms with Crippen molar-refractivity contribution in [3.63, 3.8) is 0 Å². The SMILES string of the molecule is CCOc1cc2occ(-c3ccc(Cl)cc3)c2cc1/C(C)=C/C(=O)Nc1ccc(C)cc1C. The second-order valence-corrected chi connectivity index (χ2v) is 8.51. The zero-order valence-corrected chi connectivity index (χ0v) is 19.9. The van der Waals surface area contributed by atoms with Gasteiger partial charge in [0.2, 0.25) is 5.91 Å². The highest BCUT2D eigenvalue weighted by atomic mass is 35.5. The van der Waals surface area contributed by atoms with E-state index in [1.54, 1.807) is 12.3 Å². The van der Waals surface area contributed by atoms with E-state index < -0.39 is 0 Å². The fourth-order valence-electron chi connectivity index (χ4n) is 3.89. The lowest BCUT2D eigenvalue weighted by molar-refractivity contribution is -0.111. The van der Waals surface area contributed by atoms with Gasteiger partial charge >= 0.3 is 0 Å². The van der Waals surface area contributed by atoms with E-state index in [1.165, 1.54) is 0 Å². The van der Waals surface area contributed by atoms with Gasteiger partial charge in [0, 0.05) is 39.4 Å². The highest BCUT2D eigenvalue weighted by Crippen LogP contribution is 2.37. The van der Waals surface area contributed by atoms with E-state index >= 15 is 0 Å². The van der Waals surface area contributed by atoms with Crippen LogP contribution in [0.15, 0.2) is 71.4 Å². The van der Waals surface area contributed by atoms with Crippen molar-refractivity contribution in [2.45, 2.75) is 27.7 Å². The summed E-state index contributed by atoms with van der Waals surface area (Å²) in [5.41, 5.74) is 7.30. The van der Waals surface area contributed by atoms with Gasteiger partial charge in [0.25, 0.3) is 0 Å². The number of amides is 1. The molecule has 3 aromatic carbocycles. The van der Waals surface area contributed by atoms with Crippen molar-refractivity contribution in [3.8, 4) is 16.9 Å². The van der Waals surface area contributed by atoms with Gasteiger partial charge in [-0.15, -0.1) is 0 Å². The minimum absolute atomic E-state index is 0.188. The van der Waals surface area contributed by atoms with Crippen LogP contribution >= 0.6 is 11.6 Å². The third kappa shape index (κ3) is 4.96. The number of halogens is 1. The number of furan rings is 1. The molecule has 1 N–H and O–H groups in total. The molecule has 1 aromatic heterocycles. The molecule has 1 amide bonds. The Bertz CT molecular complexity index is 1350. The van der Waals surface area contributed by atoms with E-state index in [-0.39, 0.29) is 5.91 Å². The van der Waals surface area contributed by atoms with E-state index in [4.69, 9.17) is 20.8 Å². The van der Waals surface area contributed by atoms with Crippen LogP contribution in [-0.4, -0.2) is 12.5 Å². The molecule has 0 aliphatic rings. The minimum Gasteiger partial charge on any atom is -0.493 e. The first kappa shape index (κ1) is 22.7. The molecule has 0 saturated carbocycles. The summed E-state index contributed by atoms with van der Waals surface area (Å²) >= 11 is 6.05. The maximum atomic E-state index is 12.8. The number of ether oxygens (including phenoxy) is 1. The number of aryl methyl sites for hydroxylation is 2. The molecule has 0 radical (unpaired) electrons. The fraction of sp³-hybridized carbons (Fsp3) is 0.179. The molecule has 33 heavy (non-hydrogen) atoms. The minimum atomic E-state index is -0.188. The Kier molecular flexibility index (Phi) is 6.57. The maximum absolute atomic E-state index is 12.8. The zero-order valence-electron chi connectivity index (χ0n) is 19.2. The van der Waals surface area contributed by atoms with Crippen molar-refractivity contribution >= 4 is 39.7 Å². The third-order valence-electron chi connectivity index (χ3n) is 5.54. The monoisotopic (exact) mass is 459 g/mol. The van der Waals surface area contributed by atoms with Crippen molar-refractivity contribution in [1.82, 2.24) is 0 Å². The van der Waals surface area contributed by atoms with Crippen LogP contribution < -0.4 is 10.1 Å². The molecule has 0 spiro atoms. The first-order valence-electron chi connectivity index (χ1n) is 10.9. The Labute approximate surface area is 198 Å². The summed E-state index contributed by atoms with van der Waals surface area (Å²) in [7, 11) is 0. The third-order valence-corrected chi connectivity index (χ3v) is 5.79. The maximum Gasteiger partial charge on any atom is 0.248 e. The van der Waals surface area contributed by atoms with Gasteiger partial charge in [0.15, 0.2) is 0 Å². The summed E-state index contributed by atoms with van der Waals surface area (Å²) in [4.78, 5) is 12.8. The Morgan fingerprint density at radius 3 is 2.55 bits per heavy atom. The van der Waals surface area contributed by atoms with Crippen LogP contribution in [0.3, 0.4) is 0 Å². The Balaban J connectivity index is 1.72. The Hall–Kier alpha value is -3.50. The summed E-state index contributed by atoms with van der Waals surface area (Å²) in [6.07, 6.45) is 3.34. The quantitative estimate of drug-likeness (QED) is 0.299. The second kappa shape index (κ2) is 9.55. The highest BCUT2D eigenvalue weighted by Gasteiger charge is 2.15. The number of benzene rings is 3. The molecule has 0 saturated heterocycles. The smallest absolute Gasteiger partial charge is 0.248 e. The average molecular weight is 460 g/mol. The summed E-state index contributed by atoms with van der Waals surface area (Å²) in [5.74, 6) is 0.488. The van der Waals surface area contributed by atoms with Crippen LogP contribution in [0.5, 0.6) is 5.75 Å². The molecule has 0 bridgehead atoms. The van der Waals surface area contributed by atoms with Gasteiger partial charge in [0.1, 0.15) is 11.3 Å². The van der Waals surface area contributed by atoms with Crippen molar-refractivity contribution in [1.29, 1.82) is 0 Å². The van der Waals surface area contributed by atoms with Crippen LogP contribution in [0.4, 0.5) is 5.69 Å². The first-order valence-corrected chi connectivity index (χ1v) is 11.2. The van der Waals surface area contributed by atoms with Crippen LogP contribution in [-0.2, 0) is 4.79 Å². The van der Waals surface area contributed by atoms with Crippen LogP contribution in [0.25, 0.3) is 27.7 Å². The van der Waals surface area contributed by atoms with Crippen molar-refractivity contribution < 1.29 is 13.9 Å². The van der Waals surface area contributed by atoms with Crippen molar-refractivity contribution in [2.24, 2.45) is 0 Å². The lowest BCUT2D eigenvalue weighted by atomic mass is 9.99. The lowest BCUT2D eigenvalue weighted by Crippen LogP contribution is -2.10. The number of fused-ring (bicyclic) bond motifs is 1. The number of hydrogen-bond acceptors (Lipinski definition) is 3. The highest BCUT2D eigenvalue weighted by molar-refractivity contribution is 6.30. The molecule has 168 valence electrons. The number of allylic oxidation sites excluding steroid dienone is 1. The molecular formula is C28H26ClNO3. The lowest BCUT2D eigenvalue weighted by Gasteiger charge is -2.12. The van der Waals surface area contributed by atoms with E-state index in [0.717, 1.165) is 50.0 Å². The number of anilines is 1. The summed E-state index contributed by atoms with van der Waals surface area (Å²) in [5, 5.41) is 4.60. The second-order valence-electron chi connectivity index (χ2n) is 8.07. The molecule has 4 aromatic rings. The topological polar surface area (TPSA) is 51.5 Å². The predicted molar refractivity (Wildman–Crippen MR) is 136 cm³/mol. The fourth-order valence-corrected chi connectivity index (χ4v) is 4.01. The van der Waals surface area contributed by atoms with Gasteiger partial charge in [-0.1, -0.05) is 41.4 Å². The molecule has 0 unspecified atom stereocenters. The first-order chi connectivity index (χ1) is 15.9. The van der Waals surface area contributed by atoms with Gasteiger partial charge in [-0.05, 0) is 68.7 Å². The Morgan fingerprint density at radius 2 is 1.85 bits per heavy atom. The van der Waals surface area contributed by atoms with Gasteiger partial charge in [-0.2, -0.15) is 0 Å². The number of hydrogen-bond donors (Lipinski definition) is 1. The van der Waals surface area contributed by atoms with Gasteiger partial charge in [-0.25, -0.2) is 0 Å². The number of carbonyl (C=O) groups excluding carboxylic acids is 1. The van der Waals surface area contributed by atoms with Crippen LogP contribution in [0.2, 0.25) is 5.02 Å². The van der Waals surface area contributed by atoms with Gasteiger partial charge < -0.3 is 14.5 Å². The molecule has 5 heteroatoms. The zero-order chi connectivity index (χ0) is 23.5. The summed E-state index contributed by atoms with van der Waals surface area (Å²) in [6.45, 7) is 8.36.